The fourth-order valence-electron chi connectivity index (χ4n) is 6.43. The van der Waals surface area contributed by atoms with E-state index in [1.165, 1.54) is 0 Å². The molecule has 0 amide bonds. The molecule has 4 N–H and O–H groups in total. The van der Waals surface area contributed by atoms with E-state index in [0.29, 0.717) is 11.5 Å². The van der Waals surface area contributed by atoms with Crippen molar-refractivity contribution in [2.24, 2.45) is 34.5 Å². The fourth-order valence-corrected chi connectivity index (χ4v) is 6.43. The van der Waals surface area contributed by atoms with E-state index in [2.05, 4.69) is 13.8 Å². The molecular weight excluding hydrogens is 320 g/mol. The van der Waals surface area contributed by atoms with Crippen molar-refractivity contribution in [3.8, 4) is 0 Å². The minimum atomic E-state index is -2.03. The monoisotopic (exact) mass is 348 g/mol. The van der Waals surface area contributed by atoms with Crippen LogP contribution < -0.4 is 0 Å². The molecule has 0 aliphatic heterocycles. The second-order valence-corrected chi connectivity index (χ2v) is 9.27. The molecule has 4 aliphatic rings. The first-order valence-corrected chi connectivity index (χ1v) is 9.18. The molecule has 2 saturated carbocycles. The van der Waals surface area contributed by atoms with Gasteiger partial charge >= 0.3 is 0 Å². The standard InChI is InChI=1S/C20H28O5/c1-9-7-19-10(2)5-13-14(18(13,3)4)12(17(19)24)6-11(8-21)16(23)20(19,25)15(9)22/h6-7,10,12-16,21-23,25H,5,8H2,1-4H3/t10?,12?,13?,14?,15?,16?,19?,20-/m1/s1. The van der Waals surface area contributed by atoms with Gasteiger partial charge in [-0.1, -0.05) is 32.9 Å². The summed E-state index contributed by atoms with van der Waals surface area (Å²) in [4.78, 5) is 13.7. The van der Waals surface area contributed by atoms with Gasteiger partial charge in [0.1, 0.15) is 17.8 Å². The van der Waals surface area contributed by atoms with E-state index >= 15 is 0 Å². The fraction of sp³-hybridized carbons (Fsp3) is 0.750. The van der Waals surface area contributed by atoms with Gasteiger partial charge in [-0.25, -0.2) is 0 Å². The summed E-state index contributed by atoms with van der Waals surface area (Å²) in [6.07, 6.45) is 1.34. The number of aliphatic hydroxyl groups is 4. The van der Waals surface area contributed by atoms with Crippen molar-refractivity contribution in [3.05, 3.63) is 23.3 Å². The Morgan fingerprint density at radius 2 is 1.88 bits per heavy atom. The highest BCUT2D eigenvalue weighted by molar-refractivity contribution is 5.95. The predicted molar refractivity (Wildman–Crippen MR) is 91.4 cm³/mol. The van der Waals surface area contributed by atoms with E-state index in [0.717, 1.165) is 6.42 Å². The molecule has 1 spiro atoms. The molecule has 4 rings (SSSR count). The molecule has 5 nitrogen and oxygen atoms in total. The maximum absolute atomic E-state index is 13.7. The number of aliphatic hydroxyl groups excluding tert-OH is 3. The molecule has 2 fully saturated rings. The molecule has 0 aromatic rings. The number of carbonyl (C=O) groups is 1. The molecule has 0 aromatic carbocycles. The third kappa shape index (κ3) is 1.71. The van der Waals surface area contributed by atoms with Gasteiger partial charge < -0.3 is 20.4 Å². The van der Waals surface area contributed by atoms with E-state index in [1.54, 1.807) is 19.1 Å². The molecule has 0 saturated heterocycles. The molecule has 0 heterocycles. The quantitative estimate of drug-likeness (QED) is 0.526. The van der Waals surface area contributed by atoms with Crippen LogP contribution in [0.3, 0.4) is 0 Å². The number of hydrogen-bond acceptors (Lipinski definition) is 5. The van der Waals surface area contributed by atoms with Crippen molar-refractivity contribution in [1.29, 1.82) is 0 Å². The average Bonchev–Trinajstić information content (AvgIpc) is 3.05. The second kappa shape index (κ2) is 4.83. The largest absolute Gasteiger partial charge is 0.392 e. The first kappa shape index (κ1) is 17.4. The summed E-state index contributed by atoms with van der Waals surface area (Å²) < 4.78 is 0. The average molecular weight is 348 g/mol. The van der Waals surface area contributed by atoms with Crippen LogP contribution in [0.25, 0.3) is 0 Å². The summed E-state index contributed by atoms with van der Waals surface area (Å²) in [7, 11) is 0. The zero-order valence-corrected chi connectivity index (χ0v) is 15.2. The Balaban J connectivity index is 1.99. The van der Waals surface area contributed by atoms with Crippen molar-refractivity contribution in [2.45, 2.75) is 51.9 Å². The van der Waals surface area contributed by atoms with Gasteiger partial charge in [-0.05, 0) is 47.7 Å². The SMILES string of the molecule is CC1=CC23C(=O)C(C=C(CO)C(O)[C@]2(O)C1O)C1C(CC3C)C1(C)C. The highest BCUT2D eigenvalue weighted by atomic mass is 16.4. The topological polar surface area (TPSA) is 98.0 Å². The lowest BCUT2D eigenvalue weighted by molar-refractivity contribution is -0.190. The number of ketones is 1. The van der Waals surface area contributed by atoms with Gasteiger partial charge in [-0.2, -0.15) is 0 Å². The normalized spacial score (nSPS) is 53.2. The summed E-state index contributed by atoms with van der Waals surface area (Å²) in [6.45, 7) is 7.50. The third-order valence-electron chi connectivity index (χ3n) is 7.93. The first-order chi connectivity index (χ1) is 11.5. The zero-order chi connectivity index (χ0) is 18.5. The summed E-state index contributed by atoms with van der Waals surface area (Å²) in [5.41, 5.74) is -2.58. The molecule has 7 unspecified atom stereocenters. The Kier molecular flexibility index (Phi) is 3.36. The van der Waals surface area contributed by atoms with Gasteiger partial charge in [0.15, 0.2) is 5.78 Å². The Morgan fingerprint density at radius 3 is 2.48 bits per heavy atom. The zero-order valence-electron chi connectivity index (χ0n) is 15.2. The number of allylic oxidation sites excluding steroid dienone is 1. The number of carbonyl (C=O) groups excluding carboxylic acids is 1. The third-order valence-corrected chi connectivity index (χ3v) is 7.93. The molecule has 25 heavy (non-hydrogen) atoms. The Bertz CT molecular complexity index is 707. The summed E-state index contributed by atoms with van der Waals surface area (Å²) in [5, 5.41) is 43.0. The van der Waals surface area contributed by atoms with Gasteiger partial charge in [0.05, 0.1) is 12.0 Å². The van der Waals surface area contributed by atoms with Gasteiger partial charge in [-0.15, -0.1) is 0 Å². The van der Waals surface area contributed by atoms with E-state index < -0.39 is 35.7 Å². The van der Waals surface area contributed by atoms with E-state index in [9.17, 15) is 25.2 Å². The van der Waals surface area contributed by atoms with Crippen LogP contribution in [0.4, 0.5) is 0 Å². The summed E-state index contributed by atoms with van der Waals surface area (Å²) >= 11 is 0. The van der Waals surface area contributed by atoms with Gasteiger partial charge in [0, 0.05) is 5.92 Å². The summed E-state index contributed by atoms with van der Waals surface area (Å²) in [6, 6.07) is 0. The van der Waals surface area contributed by atoms with E-state index in [4.69, 9.17) is 0 Å². The second-order valence-electron chi connectivity index (χ2n) is 9.27. The van der Waals surface area contributed by atoms with Crippen LogP contribution in [0, 0.1) is 34.5 Å². The maximum atomic E-state index is 13.7. The van der Waals surface area contributed by atoms with Gasteiger partial charge in [-0.3, -0.25) is 4.79 Å². The molecule has 2 bridgehead atoms. The maximum Gasteiger partial charge on any atom is 0.153 e. The van der Waals surface area contributed by atoms with Crippen molar-refractivity contribution < 1.29 is 25.2 Å². The Labute approximate surface area is 148 Å². The van der Waals surface area contributed by atoms with Gasteiger partial charge in [0.25, 0.3) is 0 Å². The lowest BCUT2D eigenvalue weighted by atomic mass is 9.59. The Morgan fingerprint density at radius 1 is 1.24 bits per heavy atom. The highest BCUT2D eigenvalue weighted by Crippen LogP contribution is 2.71. The van der Waals surface area contributed by atoms with Crippen molar-refractivity contribution >= 4 is 5.78 Å². The van der Waals surface area contributed by atoms with Gasteiger partial charge in [0.2, 0.25) is 0 Å². The van der Waals surface area contributed by atoms with Crippen LogP contribution in [-0.4, -0.2) is 50.6 Å². The lowest BCUT2D eigenvalue weighted by Gasteiger charge is -2.48. The number of hydrogen-bond donors (Lipinski definition) is 4. The number of rotatable bonds is 1. The number of fused-ring (bicyclic) bond motifs is 3. The molecule has 4 aliphatic carbocycles. The van der Waals surface area contributed by atoms with E-state index in [1.807, 2.05) is 6.92 Å². The Hall–Kier alpha value is -1.01. The molecule has 5 heteroatoms. The lowest BCUT2D eigenvalue weighted by Crippen LogP contribution is -2.65. The molecule has 8 atom stereocenters. The van der Waals surface area contributed by atoms with Crippen LogP contribution in [0.15, 0.2) is 23.3 Å². The molecular formula is C20H28O5. The van der Waals surface area contributed by atoms with Crippen LogP contribution in [-0.2, 0) is 4.79 Å². The van der Waals surface area contributed by atoms with Crippen molar-refractivity contribution in [2.75, 3.05) is 6.61 Å². The first-order valence-electron chi connectivity index (χ1n) is 9.18. The predicted octanol–water partition coefficient (Wildman–Crippen LogP) is 0.815. The van der Waals surface area contributed by atoms with Crippen LogP contribution in [0.1, 0.15) is 34.1 Å². The number of Topliss-reactive ketones (excluding diaryl/α,β-unsaturated/α-hetero) is 1. The molecule has 0 aromatic heterocycles. The minimum absolute atomic E-state index is 0.0245. The highest BCUT2D eigenvalue weighted by Gasteiger charge is 2.75. The smallest absolute Gasteiger partial charge is 0.153 e. The van der Waals surface area contributed by atoms with E-state index in [-0.39, 0.29) is 28.6 Å². The summed E-state index contributed by atoms with van der Waals surface area (Å²) in [5.74, 6) is -0.288. The molecule has 138 valence electrons. The molecule has 0 radical (unpaired) electrons. The van der Waals surface area contributed by atoms with Crippen LogP contribution >= 0.6 is 0 Å². The van der Waals surface area contributed by atoms with Crippen molar-refractivity contribution in [1.82, 2.24) is 0 Å². The van der Waals surface area contributed by atoms with Crippen LogP contribution in [0.5, 0.6) is 0 Å². The van der Waals surface area contributed by atoms with Crippen molar-refractivity contribution in [3.63, 3.8) is 0 Å². The minimum Gasteiger partial charge on any atom is -0.392 e. The van der Waals surface area contributed by atoms with Crippen LogP contribution in [0.2, 0.25) is 0 Å².